The number of aromatic nitrogens is 2. The van der Waals surface area contributed by atoms with Gasteiger partial charge in [0, 0.05) is 48.0 Å². The Labute approximate surface area is 352 Å². The number of Topliss-reactive ketones (excluding diaryl/α,β-unsaturated/α-hetero) is 2. The Kier molecular flexibility index (Phi) is 14.9. The lowest BCUT2D eigenvalue weighted by Crippen LogP contribution is -2.59. The van der Waals surface area contributed by atoms with Gasteiger partial charge in [-0.05, 0) is 110 Å². The Morgan fingerprint density at radius 3 is 2.42 bits per heavy atom. The van der Waals surface area contributed by atoms with Crippen LogP contribution in [0.2, 0.25) is 0 Å². The first-order valence-electron chi connectivity index (χ1n) is 22.6. The third-order valence-corrected chi connectivity index (χ3v) is 14.5. The molecule has 14 atom stereocenters. The van der Waals surface area contributed by atoms with Gasteiger partial charge in [-0.3, -0.25) is 29.3 Å². The average molecular weight is 821 g/mol. The summed E-state index contributed by atoms with van der Waals surface area (Å²) in [5.41, 5.74) is 1.37. The van der Waals surface area contributed by atoms with E-state index in [1.807, 2.05) is 46.8 Å². The zero-order valence-electron chi connectivity index (χ0n) is 37.4. The van der Waals surface area contributed by atoms with Crippen LogP contribution in [0.1, 0.15) is 131 Å². The molecule has 0 bridgehead atoms. The number of esters is 1. The molecule has 0 aromatic carbocycles. The molecule has 328 valence electrons. The van der Waals surface area contributed by atoms with Crippen LogP contribution in [0.25, 0.3) is 11.0 Å². The number of ketones is 2. The van der Waals surface area contributed by atoms with E-state index < -0.39 is 35.4 Å². The molecule has 1 N–H and O–H groups in total. The number of carbonyl (C=O) groups excluding carboxylic acids is 3. The van der Waals surface area contributed by atoms with E-state index in [9.17, 15) is 19.5 Å². The van der Waals surface area contributed by atoms with Crippen LogP contribution < -0.4 is 0 Å². The summed E-state index contributed by atoms with van der Waals surface area (Å²) in [6, 6.07) is 3.93. The highest BCUT2D eigenvalue weighted by atomic mass is 16.7. The van der Waals surface area contributed by atoms with Gasteiger partial charge in [0.15, 0.2) is 6.29 Å². The van der Waals surface area contributed by atoms with Crippen LogP contribution in [0.15, 0.2) is 24.5 Å². The summed E-state index contributed by atoms with van der Waals surface area (Å²) < 4.78 is 25.8. The molecule has 2 aromatic heterocycles. The lowest BCUT2D eigenvalue weighted by atomic mass is 9.73. The molecule has 12 heteroatoms. The minimum Gasteiger partial charge on any atom is -0.506 e. The van der Waals surface area contributed by atoms with Crippen molar-refractivity contribution in [2.24, 2.45) is 35.5 Å². The number of pyridine rings is 2. The Morgan fingerprint density at radius 1 is 0.983 bits per heavy atom. The topological polar surface area (TPSA) is 141 Å². The Hall–Kier alpha value is -3.03. The number of cyclic esters (lactones) is 1. The van der Waals surface area contributed by atoms with Gasteiger partial charge in [-0.15, -0.1) is 0 Å². The van der Waals surface area contributed by atoms with Crippen molar-refractivity contribution >= 4 is 28.6 Å². The first-order valence-corrected chi connectivity index (χ1v) is 22.6. The summed E-state index contributed by atoms with van der Waals surface area (Å²) in [4.78, 5) is 56.2. The summed E-state index contributed by atoms with van der Waals surface area (Å²) in [5, 5.41) is 11.0. The van der Waals surface area contributed by atoms with Gasteiger partial charge < -0.3 is 29.0 Å². The first kappa shape index (κ1) is 45.5. The van der Waals surface area contributed by atoms with Crippen LogP contribution in [0.4, 0.5) is 0 Å². The van der Waals surface area contributed by atoms with E-state index in [4.69, 9.17) is 18.9 Å². The van der Waals surface area contributed by atoms with E-state index in [-0.39, 0.29) is 59.5 Å². The van der Waals surface area contributed by atoms with Gasteiger partial charge in [-0.2, -0.15) is 0 Å². The minimum atomic E-state index is -0.980. The van der Waals surface area contributed by atoms with Crippen molar-refractivity contribution in [3.8, 4) is 5.75 Å². The number of aromatic hydroxyl groups is 1. The van der Waals surface area contributed by atoms with Crippen molar-refractivity contribution < 1.29 is 38.4 Å². The Bertz CT molecular complexity index is 1770. The van der Waals surface area contributed by atoms with Crippen molar-refractivity contribution in [2.75, 3.05) is 27.4 Å². The summed E-state index contributed by atoms with van der Waals surface area (Å²) in [5.74, 6) is -2.10. The summed E-state index contributed by atoms with van der Waals surface area (Å²) in [7, 11) is 4.16. The number of ether oxygens (including phenoxy) is 4. The Morgan fingerprint density at radius 2 is 1.71 bits per heavy atom. The number of rotatable bonds is 9. The fourth-order valence-electron chi connectivity index (χ4n) is 11.3. The van der Waals surface area contributed by atoms with Gasteiger partial charge in [0.1, 0.15) is 41.7 Å². The van der Waals surface area contributed by atoms with Crippen LogP contribution in [-0.4, -0.2) is 112 Å². The van der Waals surface area contributed by atoms with Crippen LogP contribution >= 0.6 is 0 Å². The molecular weight excluding hydrogens is 749 g/mol. The second-order valence-corrected chi connectivity index (χ2v) is 19.3. The zero-order valence-corrected chi connectivity index (χ0v) is 37.4. The van der Waals surface area contributed by atoms with Gasteiger partial charge in [-0.25, -0.2) is 0 Å². The molecule has 3 saturated heterocycles. The maximum absolute atomic E-state index is 14.8. The smallest absolute Gasteiger partial charge is 0.316 e. The van der Waals surface area contributed by atoms with E-state index >= 15 is 0 Å². The molecule has 6 rings (SSSR count). The third-order valence-electron chi connectivity index (χ3n) is 14.5. The van der Waals surface area contributed by atoms with E-state index in [0.717, 1.165) is 61.5 Å². The highest BCUT2D eigenvalue weighted by molar-refractivity contribution is 5.99. The summed E-state index contributed by atoms with van der Waals surface area (Å²) in [6.07, 6.45) is 10.4. The summed E-state index contributed by atoms with van der Waals surface area (Å²) >= 11 is 0. The molecular formula is C47H72N4O8. The molecule has 4 aliphatic rings. The van der Waals surface area contributed by atoms with Crippen molar-refractivity contribution in [3.05, 3.63) is 30.1 Å². The SMILES string of the molecule is CC[C@H]1OC(=O)[C@H](C)C(=O)[C@H](C)C[C@@H](CO[C@H]2C[C@@H](N(C)C)C[C@@H](C)O2)C[C@@H](C)C(=O)[C@H](C)[C@H]2N(C3CCCC(CC(C)c4c(O)cnc5cccnc45)C3)CO[C@]12C. The maximum Gasteiger partial charge on any atom is 0.316 e. The largest absolute Gasteiger partial charge is 0.506 e. The van der Waals surface area contributed by atoms with Crippen LogP contribution in [0.5, 0.6) is 5.75 Å². The highest BCUT2D eigenvalue weighted by Crippen LogP contribution is 2.46. The van der Waals surface area contributed by atoms with E-state index in [1.165, 1.54) is 6.20 Å². The minimum absolute atomic E-state index is 0.0608. The molecule has 3 aliphatic heterocycles. The van der Waals surface area contributed by atoms with Crippen molar-refractivity contribution in [1.29, 1.82) is 0 Å². The lowest BCUT2D eigenvalue weighted by Gasteiger charge is -2.45. The molecule has 0 radical (unpaired) electrons. The van der Waals surface area contributed by atoms with Gasteiger partial charge in [0.05, 0.1) is 36.0 Å². The number of fused-ring (bicyclic) bond motifs is 2. The average Bonchev–Trinajstić information content (AvgIpc) is 3.57. The standard InChI is InChI=1S/C47H72N4O8/c1-11-39-47(8)45(51(26-57-47)35-15-12-14-33(22-35)18-27(2)41-38(52)24-49-37-16-13-17-48-42(37)41)31(6)43(53)28(3)19-34(20-29(4)44(54)32(7)46(55)59-39)25-56-40-23-36(50(9)10)21-30(5)58-40/h13,16-17,24,27-36,39-40,45,52H,11-12,14-15,18-23,25-26H2,1-10H3/t27?,28-,29-,30-,31+,32-,33?,34+,35?,36+,39-,40-,45-,47-/m1/s1. The van der Waals surface area contributed by atoms with Crippen molar-refractivity contribution in [1.82, 2.24) is 19.8 Å². The quantitative estimate of drug-likeness (QED) is 0.196. The molecule has 2 aromatic rings. The summed E-state index contributed by atoms with van der Waals surface area (Å²) in [6.45, 7) is 16.5. The number of hydrogen-bond donors (Lipinski definition) is 1. The molecule has 1 aliphatic carbocycles. The van der Waals surface area contributed by atoms with Crippen molar-refractivity contribution in [3.63, 3.8) is 0 Å². The molecule has 3 unspecified atom stereocenters. The molecule has 59 heavy (non-hydrogen) atoms. The predicted molar refractivity (Wildman–Crippen MR) is 227 cm³/mol. The molecule has 4 fully saturated rings. The molecule has 12 nitrogen and oxygen atoms in total. The monoisotopic (exact) mass is 821 g/mol. The van der Waals surface area contributed by atoms with Crippen molar-refractivity contribution in [2.45, 2.75) is 168 Å². The van der Waals surface area contributed by atoms with Gasteiger partial charge >= 0.3 is 5.97 Å². The fourth-order valence-corrected chi connectivity index (χ4v) is 11.3. The first-order chi connectivity index (χ1) is 28.0. The normalized spacial score (nSPS) is 37.6. The van der Waals surface area contributed by atoms with E-state index in [1.54, 1.807) is 13.1 Å². The fraction of sp³-hybridized carbons (Fsp3) is 0.766. The molecule has 0 spiro atoms. The number of nitrogens with zero attached hydrogens (tertiary/aromatic N) is 4. The molecule has 1 saturated carbocycles. The van der Waals surface area contributed by atoms with Gasteiger partial charge in [0.2, 0.25) is 0 Å². The molecule has 5 heterocycles. The molecule has 0 amide bonds. The van der Waals surface area contributed by atoms with Crippen LogP contribution in [0, 0.1) is 35.5 Å². The van der Waals surface area contributed by atoms with E-state index in [2.05, 4.69) is 47.7 Å². The van der Waals surface area contributed by atoms with E-state index in [0.29, 0.717) is 44.6 Å². The zero-order chi connectivity index (χ0) is 42.8. The maximum atomic E-state index is 14.8. The number of carbonyl (C=O) groups is 3. The highest BCUT2D eigenvalue weighted by Gasteiger charge is 2.57. The number of hydrogen-bond acceptors (Lipinski definition) is 12. The predicted octanol–water partition coefficient (Wildman–Crippen LogP) is 7.69. The second kappa shape index (κ2) is 19.3. The Balaban J connectivity index is 1.25. The lowest BCUT2D eigenvalue weighted by molar-refractivity contribution is -0.207. The van der Waals surface area contributed by atoms with Crippen LogP contribution in [0.3, 0.4) is 0 Å². The van der Waals surface area contributed by atoms with Gasteiger partial charge in [0.25, 0.3) is 0 Å². The second-order valence-electron chi connectivity index (χ2n) is 19.3. The van der Waals surface area contributed by atoms with Gasteiger partial charge in [-0.1, -0.05) is 47.5 Å². The van der Waals surface area contributed by atoms with Crippen LogP contribution in [-0.2, 0) is 33.3 Å². The third kappa shape index (κ3) is 10.0.